The van der Waals surface area contributed by atoms with Crippen LogP contribution < -0.4 is 0 Å². The van der Waals surface area contributed by atoms with Crippen LogP contribution in [0.25, 0.3) is 0 Å². The molecule has 6 heteroatoms. The summed E-state index contributed by atoms with van der Waals surface area (Å²) in [6, 6.07) is 5.32. The Bertz CT molecular complexity index is 472. The summed E-state index contributed by atoms with van der Waals surface area (Å²) in [6.45, 7) is 6.59. The number of aliphatic hydroxyl groups is 1. The van der Waals surface area contributed by atoms with Gasteiger partial charge < -0.3 is 19.5 Å². The molecule has 6 nitrogen and oxygen atoms in total. The minimum Gasteiger partial charge on any atom is -0.444 e. The van der Waals surface area contributed by atoms with E-state index in [9.17, 15) is 9.90 Å². The number of morpholine rings is 1. The Hall–Kier alpha value is -1.66. The van der Waals surface area contributed by atoms with Crippen LogP contribution in [0.4, 0.5) is 4.79 Å². The van der Waals surface area contributed by atoms with Crippen LogP contribution in [0.3, 0.4) is 0 Å². The maximum absolute atomic E-state index is 12.1. The van der Waals surface area contributed by atoms with Crippen LogP contribution in [0.15, 0.2) is 24.4 Å². The third kappa shape index (κ3) is 4.41. The average molecular weight is 294 g/mol. The molecule has 1 amide bonds. The zero-order chi connectivity index (χ0) is 15.5. The van der Waals surface area contributed by atoms with Crippen molar-refractivity contribution in [2.45, 2.75) is 38.6 Å². The zero-order valence-corrected chi connectivity index (χ0v) is 12.7. The summed E-state index contributed by atoms with van der Waals surface area (Å²) >= 11 is 0. The van der Waals surface area contributed by atoms with E-state index in [1.807, 2.05) is 20.8 Å². The lowest BCUT2D eigenvalue weighted by Crippen LogP contribution is -2.49. The number of hydrogen-bond donors (Lipinski definition) is 1. The zero-order valence-electron chi connectivity index (χ0n) is 12.7. The monoisotopic (exact) mass is 294 g/mol. The van der Waals surface area contributed by atoms with Crippen LogP contribution in [-0.2, 0) is 9.47 Å². The van der Waals surface area contributed by atoms with Crippen LogP contribution in [0.5, 0.6) is 0 Å². The maximum Gasteiger partial charge on any atom is 0.410 e. The molecule has 1 aromatic rings. The van der Waals surface area contributed by atoms with Crippen molar-refractivity contribution in [3.63, 3.8) is 0 Å². The molecule has 0 aromatic carbocycles. The summed E-state index contributed by atoms with van der Waals surface area (Å²) in [5, 5.41) is 10.3. The molecular weight excluding hydrogens is 272 g/mol. The fourth-order valence-corrected chi connectivity index (χ4v) is 2.10. The molecule has 0 spiro atoms. The molecule has 2 rings (SSSR count). The number of carbonyl (C=O) groups excluding carboxylic acids is 1. The Labute approximate surface area is 124 Å². The SMILES string of the molecule is CC(C)(C)OC(=O)N1CCO[C@H]([C@H](O)c2ccccn2)C1. The number of aromatic nitrogens is 1. The van der Waals surface area contributed by atoms with Gasteiger partial charge in [0.05, 0.1) is 18.8 Å². The summed E-state index contributed by atoms with van der Waals surface area (Å²) in [6.07, 6.45) is -0.130. The highest BCUT2D eigenvalue weighted by Crippen LogP contribution is 2.21. The normalized spacial score (nSPS) is 21.0. The summed E-state index contributed by atoms with van der Waals surface area (Å²) in [7, 11) is 0. The topological polar surface area (TPSA) is 71.9 Å². The third-order valence-corrected chi connectivity index (χ3v) is 3.09. The first-order valence-corrected chi connectivity index (χ1v) is 7.05. The second kappa shape index (κ2) is 6.41. The predicted octanol–water partition coefficient (Wildman–Crippen LogP) is 1.75. The average Bonchev–Trinajstić information content (AvgIpc) is 2.46. The van der Waals surface area contributed by atoms with E-state index < -0.39 is 17.8 Å². The highest BCUT2D eigenvalue weighted by Gasteiger charge is 2.32. The van der Waals surface area contributed by atoms with Crippen molar-refractivity contribution in [2.75, 3.05) is 19.7 Å². The Morgan fingerprint density at radius 3 is 2.90 bits per heavy atom. The van der Waals surface area contributed by atoms with Gasteiger partial charge in [-0.25, -0.2) is 4.79 Å². The van der Waals surface area contributed by atoms with Gasteiger partial charge >= 0.3 is 6.09 Å². The fraction of sp³-hybridized carbons (Fsp3) is 0.600. The summed E-state index contributed by atoms with van der Waals surface area (Å²) in [4.78, 5) is 17.7. The highest BCUT2D eigenvalue weighted by molar-refractivity contribution is 5.68. The van der Waals surface area contributed by atoms with Crippen LogP contribution >= 0.6 is 0 Å². The van der Waals surface area contributed by atoms with E-state index >= 15 is 0 Å². The number of pyridine rings is 1. The highest BCUT2D eigenvalue weighted by atomic mass is 16.6. The van der Waals surface area contributed by atoms with E-state index in [4.69, 9.17) is 9.47 Å². The standard InChI is InChI=1S/C15H22N2O4/c1-15(2,3)21-14(19)17-8-9-20-12(10-17)13(18)11-6-4-5-7-16-11/h4-7,12-13,18H,8-10H2,1-3H3/t12-,13+/m0/s1. The molecule has 2 heterocycles. The molecule has 0 saturated carbocycles. The molecular formula is C15H22N2O4. The first kappa shape index (κ1) is 15.7. The first-order chi connectivity index (χ1) is 9.87. The third-order valence-electron chi connectivity index (χ3n) is 3.09. The number of carbonyl (C=O) groups is 1. The Morgan fingerprint density at radius 1 is 1.52 bits per heavy atom. The van der Waals surface area contributed by atoms with E-state index in [0.717, 1.165) is 0 Å². The largest absolute Gasteiger partial charge is 0.444 e. The number of hydrogen-bond acceptors (Lipinski definition) is 5. The van der Waals surface area contributed by atoms with Crippen LogP contribution in [-0.4, -0.2) is 52.5 Å². The molecule has 1 aliphatic rings. The molecule has 1 N–H and O–H groups in total. The number of amides is 1. The predicted molar refractivity (Wildman–Crippen MR) is 76.7 cm³/mol. The lowest BCUT2D eigenvalue weighted by molar-refractivity contribution is -0.0918. The quantitative estimate of drug-likeness (QED) is 0.899. The second-order valence-electron chi connectivity index (χ2n) is 6.04. The number of aliphatic hydroxyl groups excluding tert-OH is 1. The number of rotatable bonds is 2. The van der Waals surface area contributed by atoms with Crippen molar-refractivity contribution in [1.82, 2.24) is 9.88 Å². The van der Waals surface area contributed by atoms with Crippen LogP contribution in [0.1, 0.15) is 32.6 Å². The minimum absolute atomic E-state index is 0.284. The summed E-state index contributed by atoms with van der Waals surface area (Å²) in [5.41, 5.74) is -0.00153. The summed E-state index contributed by atoms with van der Waals surface area (Å²) in [5.74, 6) is 0. The molecule has 2 atom stereocenters. The van der Waals surface area contributed by atoms with Crippen molar-refractivity contribution < 1.29 is 19.4 Å². The van der Waals surface area contributed by atoms with Crippen molar-refractivity contribution in [2.24, 2.45) is 0 Å². The van der Waals surface area contributed by atoms with Crippen molar-refractivity contribution >= 4 is 6.09 Å². The van der Waals surface area contributed by atoms with Crippen LogP contribution in [0.2, 0.25) is 0 Å². The molecule has 0 aliphatic carbocycles. The van der Waals surface area contributed by atoms with E-state index in [1.165, 1.54) is 0 Å². The van der Waals surface area contributed by atoms with Gasteiger partial charge in [-0.15, -0.1) is 0 Å². The van der Waals surface area contributed by atoms with Gasteiger partial charge in [0.25, 0.3) is 0 Å². The number of ether oxygens (including phenoxy) is 2. The first-order valence-electron chi connectivity index (χ1n) is 7.05. The molecule has 1 fully saturated rings. The van der Waals surface area contributed by atoms with E-state index in [0.29, 0.717) is 18.8 Å². The Morgan fingerprint density at radius 2 is 2.29 bits per heavy atom. The maximum atomic E-state index is 12.1. The second-order valence-corrected chi connectivity index (χ2v) is 6.04. The van der Waals surface area contributed by atoms with Crippen molar-refractivity contribution in [3.05, 3.63) is 30.1 Å². The molecule has 0 radical (unpaired) electrons. The molecule has 21 heavy (non-hydrogen) atoms. The van der Waals surface area contributed by atoms with Crippen LogP contribution in [0, 0.1) is 0 Å². The molecule has 0 unspecified atom stereocenters. The van der Waals surface area contributed by atoms with Gasteiger partial charge in [-0.3, -0.25) is 4.98 Å². The molecule has 1 saturated heterocycles. The molecule has 1 aliphatic heterocycles. The lowest BCUT2D eigenvalue weighted by atomic mass is 10.1. The number of nitrogens with zero attached hydrogens (tertiary/aromatic N) is 2. The van der Waals surface area contributed by atoms with Gasteiger partial charge in [0, 0.05) is 12.7 Å². The lowest BCUT2D eigenvalue weighted by Gasteiger charge is -2.35. The Kier molecular flexibility index (Phi) is 4.80. The molecule has 116 valence electrons. The summed E-state index contributed by atoms with van der Waals surface area (Å²) < 4.78 is 10.9. The fourth-order valence-electron chi connectivity index (χ4n) is 2.10. The van der Waals surface area contributed by atoms with E-state index in [-0.39, 0.29) is 12.6 Å². The smallest absolute Gasteiger partial charge is 0.410 e. The van der Waals surface area contributed by atoms with Crippen molar-refractivity contribution in [3.8, 4) is 0 Å². The van der Waals surface area contributed by atoms with Gasteiger partial charge in [0.2, 0.25) is 0 Å². The minimum atomic E-state index is -0.864. The Balaban J connectivity index is 1.99. The van der Waals surface area contributed by atoms with Gasteiger partial charge in [-0.2, -0.15) is 0 Å². The molecule has 0 bridgehead atoms. The van der Waals surface area contributed by atoms with Gasteiger partial charge in [0.1, 0.15) is 17.8 Å². The van der Waals surface area contributed by atoms with E-state index in [1.54, 1.807) is 29.3 Å². The van der Waals surface area contributed by atoms with Gasteiger partial charge in [-0.05, 0) is 32.9 Å². The molecule has 1 aromatic heterocycles. The van der Waals surface area contributed by atoms with Gasteiger partial charge in [0.15, 0.2) is 0 Å². The van der Waals surface area contributed by atoms with Crippen molar-refractivity contribution in [1.29, 1.82) is 0 Å². The van der Waals surface area contributed by atoms with Gasteiger partial charge in [-0.1, -0.05) is 6.07 Å². The van der Waals surface area contributed by atoms with E-state index in [2.05, 4.69) is 4.98 Å².